The number of benzene rings is 2. The summed E-state index contributed by atoms with van der Waals surface area (Å²) in [6, 6.07) is 10.1. The van der Waals surface area contributed by atoms with E-state index in [0.717, 1.165) is 11.0 Å². The van der Waals surface area contributed by atoms with Gasteiger partial charge in [0, 0.05) is 28.1 Å². The molecule has 1 aliphatic heterocycles. The minimum Gasteiger partial charge on any atom is -0.342 e. The van der Waals surface area contributed by atoms with E-state index in [1.54, 1.807) is 35.2 Å². The van der Waals surface area contributed by atoms with Crippen LogP contribution in [0.5, 0.6) is 0 Å². The van der Waals surface area contributed by atoms with E-state index in [2.05, 4.69) is 31.2 Å². The van der Waals surface area contributed by atoms with Crippen molar-refractivity contribution in [2.45, 2.75) is 13.0 Å². The molecule has 2 N–H and O–H groups in total. The largest absolute Gasteiger partial charge is 0.342 e. The number of H-pyrrole nitrogens is 1. The molecule has 4 rings (SSSR count). The number of hydrogen-bond acceptors (Lipinski definition) is 3. The number of aromatic amines is 1. The maximum Gasteiger partial charge on any atom is 0.255 e. The summed E-state index contributed by atoms with van der Waals surface area (Å²) >= 11 is 9.44. The van der Waals surface area contributed by atoms with Gasteiger partial charge in [0.05, 0.1) is 22.6 Å². The van der Waals surface area contributed by atoms with Crippen molar-refractivity contribution < 1.29 is 9.59 Å². The molecule has 0 radical (unpaired) electrons. The van der Waals surface area contributed by atoms with Crippen LogP contribution < -0.4 is 5.32 Å². The number of fused-ring (bicyclic) bond motifs is 1. The summed E-state index contributed by atoms with van der Waals surface area (Å²) < 4.78 is 0.591. The van der Waals surface area contributed by atoms with Crippen molar-refractivity contribution in [1.82, 2.24) is 20.2 Å². The number of hydrogen-bond donors (Lipinski definition) is 2. The van der Waals surface area contributed by atoms with Crippen LogP contribution in [0, 0.1) is 0 Å². The first-order valence-corrected chi connectivity index (χ1v) is 10.3. The molecule has 8 heteroatoms. The number of nitrogens with one attached hydrogen (secondary N) is 2. The van der Waals surface area contributed by atoms with E-state index in [-0.39, 0.29) is 17.9 Å². The Hall–Kier alpha value is -2.64. The van der Waals surface area contributed by atoms with Gasteiger partial charge in [-0.25, -0.2) is 4.98 Å². The fraction of sp³-hybridized carbons (Fsp3) is 0.190. The normalized spacial score (nSPS) is 14.4. The molecule has 3 aromatic rings. The number of carbonyl (C=O) groups excluding carboxylic acids is 2. The van der Waals surface area contributed by atoms with Gasteiger partial charge in [0.2, 0.25) is 0 Å². The van der Waals surface area contributed by atoms with Crippen LogP contribution in [-0.4, -0.2) is 39.8 Å². The second kappa shape index (κ2) is 8.00. The molecule has 0 bridgehead atoms. The third kappa shape index (κ3) is 4.06. The van der Waals surface area contributed by atoms with Crippen LogP contribution in [0.1, 0.15) is 39.5 Å². The van der Waals surface area contributed by atoms with Crippen molar-refractivity contribution >= 4 is 50.4 Å². The predicted octanol–water partition coefficient (Wildman–Crippen LogP) is 4.48. The Morgan fingerprint density at radius 2 is 1.97 bits per heavy atom. The summed E-state index contributed by atoms with van der Waals surface area (Å²) in [4.78, 5) is 34.7. The Morgan fingerprint density at radius 1 is 1.21 bits per heavy atom. The zero-order chi connectivity index (χ0) is 20.5. The molecule has 1 aromatic heterocycles. The number of rotatable bonds is 4. The van der Waals surface area contributed by atoms with Gasteiger partial charge in [-0.05, 0) is 59.3 Å². The van der Waals surface area contributed by atoms with Gasteiger partial charge >= 0.3 is 0 Å². The highest BCUT2D eigenvalue weighted by molar-refractivity contribution is 9.10. The van der Waals surface area contributed by atoms with Crippen LogP contribution >= 0.6 is 27.5 Å². The maximum atomic E-state index is 12.7. The summed E-state index contributed by atoms with van der Waals surface area (Å²) in [5, 5.41) is 3.55. The third-order valence-electron chi connectivity index (χ3n) is 4.79. The zero-order valence-corrected chi connectivity index (χ0v) is 17.9. The van der Waals surface area contributed by atoms with Crippen molar-refractivity contribution in [1.29, 1.82) is 0 Å². The Morgan fingerprint density at radius 3 is 2.69 bits per heavy atom. The Kier molecular flexibility index (Phi) is 5.43. The lowest BCUT2D eigenvalue weighted by atomic mass is 10.1. The average molecular weight is 474 g/mol. The Balaban J connectivity index is 1.48. The summed E-state index contributed by atoms with van der Waals surface area (Å²) in [6.45, 7) is 3.06. The maximum absolute atomic E-state index is 12.7. The summed E-state index contributed by atoms with van der Waals surface area (Å²) in [5.74, 6) is 0.324. The second-order valence-corrected chi connectivity index (χ2v) is 8.15. The standard InChI is InChI=1S/C21H18BrClN4O2/c1-12(19-25-17-7-5-14(23)11-18(17)26-19)24-20(28)13-4-6-15(16(22)10-13)21(29)27-8-2-3-9-27/h2-7,10-12H,8-9H2,1H3,(H,24,28)(H,25,26)/t12-/m0/s1. The van der Waals surface area contributed by atoms with Crippen LogP contribution in [0.2, 0.25) is 5.02 Å². The van der Waals surface area contributed by atoms with Gasteiger partial charge < -0.3 is 15.2 Å². The first-order valence-electron chi connectivity index (χ1n) is 9.12. The van der Waals surface area contributed by atoms with Crippen LogP contribution in [0.15, 0.2) is 53.0 Å². The molecule has 0 saturated heterocycles. The highest BCUT2D eigenvalue weighted by atomic mass is 79.9. The molecule has 0 aliphatic carbocycles. The number of amides is 2. The lowest BCUT2D eigenvalue weighted by Gasteiger charge is -2.17. The van der Waals surface area contributed by atoms with Crippen molar-refractivity contribution in [3.8, 4) is 0 Å². The summed E-state index contributed by atoms with van der Waals surface area (Å²) in [5.41, 5.74) is 2.59. The Labute approximate surface area is 181 Å². The molecule has 0 unspecified atom stereocenters. The first kappa shape index (κ1) is 19.7. The van der Waals surface area contributed by atoms with Crippen molar-refractivity contribution in [2.24, 2.45) is 0 Å². The first-order chi connectivity index (χ1) is 13.9. The molecular formula is C21H18BrClN4O2. The van der Waals surface area contributed by atoms with Crippen molar-refractivity contribution in [2.75, 3.05) is 13.1 Å². The second-order valence-electron chi connectivity index (χ2n) is 6.85. The monoisotopic (exact) mass is 472 g/mol. The predicted molar refractivity (Wildman–Crippen MR) is 116 cm³/mol. The lowest BCUT2D eigenvalue weighted by molar-refractivity contribution is 0.0798. The SMILES string of the molecule is C[C@H](NC(=O)c1ccc(C(=O)N2CC=CC2)c(Br)c1)c1nc2ccc(Cl)cc2[nH]1. The molecule has 1 atom stereocenters. The van der Waals surface area contributed by atoms with E-state index in [1.807, 2.05) is 25.1 Å². The minimum atomic E-state index is -0.329. The number of nitrogens with zero attached hydrogens (tertiary/aromatic N) is 2. The van der Waals surface area contributed by atoms with Gasteiger partial charge in [-0.2, -0.15) is 0 Å². The number of imidazole rings is 1. The van der Waals surface area contributed by atoms with Gasteiger partial charge in [-0.3, -0.25) is 9.59 Å². The molecule has 1 aliphatic rings. The molecule has 6 nitrogen and oxygen atoms in total. The highest BCUT2D eigenvalue weighted by Crippen LogP contribution is 2.23. The Bertz CT molecular complexity index is 1130. The summed E-state index contributed by atoms with van der Waals surface area (Å²) in [7, 11) is 0. The van der Waals surface area contributed by atoms with E-state index in [4.69, 9.17) is 11.6 Å². The van der Waals surface area contributed by atoms with Crippen LogP contribution in [0.4, 0.5) is 0 Å². The molecule has 2 amide bonds. The van der Waals surface area contributed by atoms with Gasteiger partial charge in [0.15, 0.2) is 0 Å². The topological polar surface area (TPSA) is 78.1 Å². The number of halogens is 2. The van der Waals surface area contributed by atoms with Gasteiger partial charge in [0.25, 0.3) is 11.8 Å². The van der Waals surface area contributed by atoms with Crippen LogP contribution in [0.3, 0.4) is 0 Å². The molecule has 148 valence electrons. The molecular weight excluding hydrogens is 456 g/mol. The van der Waals surface area contributed by atoms with E-state index >= 15 is 0 Å². The van der Waals surface area contributed by atoms with Gasteiger partial charge in [-0.15, -0.1) is 0 Å². The fourth-order valence-electron chi connectivity index (χ4n) is 3.20. The summed E-state index contributed by atoms with van der Waals surface area (Å²) in [6.07, 6.45) is 3.92. The number of aromatic nitrogens is 2. The highest BCUT2D eigenvalue weighted by Gasteiger charge is 2.21. The van der Waals surface area contributed by atoms with Crippen LogP contribution in [0.25, 0.3) is 11.0 Å². The van der Waals surface area contributed by atoms with Gasteiger partial charge in [-0.1, -0.05) is 23.8 Å². The van der Waals surface area contributed by atoms with E-state index < -0.39 is 0 Å². The van der Waals surface area contributed by atoms with E-state index in [9.17, 15) is 9.59 Å². The molecule has 0 saturated carbocycles. The molecule has 29 heavy (non-hydrogen) atoms. The lowest BCUT2D eigenvalue weighted by Crippen LogP contribution is -2.29. The molecule has 0 spiro atoms. The zero-order valence-electron chi connectivity index (χ0n) is 15.6. The minimum absolute atomic E-state index is 0.0665. The molecule has 0 fully saturated rings. The molecule has 2 heterocycles. The van der Waals surface area contributed by atoms with Crippen molar-refractivity contribution in [3.63, 3.8) is 0 Å². The number of carbonyl (C=O) groups is 2. The van der Waals surface area contributed by atoms with Gasteiger partial charge in [0.1, 0.15) is 5.82 Å². The van der Waals surface area contributed by atoms with Crippen molar-refractivity contribution in [3.05, 3.63) is 75.0 Å². The molecule has 2 aromatic carbocycles. The van der Waals surface area contributed by atoms with E-state index in [1.165, 1.54) is 0 Å². The van der Waals surface area contributed by atoms with Crippen LogP contribution in [-0.2, 0) is 0 Å². The average Bonchev–Trinajstić information content (AvgIpc) is 3.36. The van der Waals surface area contributed by atoms with E-state index in [0.29, 0.717) is 39.5 Å². The quantitative estimate of drug-likeness (QED) is 0.548. The third-order valence-corrected chi connectivity index (χ3v) is 5.68. The fourth-order valence-corrected chi connectivity index (χ4v) is 3.92. The smallest absolute Gasteiger partial charge is 0.255 e.